The Morgan fingerprint density at radius 2 is 1.62 bits per heavy atom. The van der Waals surface area contributed by atoms with Crippen LogP contribution in [0.4, 0.5) is 10.6 Å². The normalized spacial score (nSPS) is 21.0. The first-order chi connectivity index (χ1) is 13.9. The summed E-state index contributed by atoms with van der Waals surface area (Å²) in [7, 11) is 2.20. The monoisotopic (exact) mass is 395 g/mol. The molecule has 0 radical (unpaired) electrons. The molecule has 1 N–H and O–H groups in total. The van der Waals surface area contributed by atoms with Crippen LogP contribution in [0.15, 0.2) is 24.3 Å². The number of rotatable bonds is 3. The second-order valence-electron chi connectivity index (χ2n) is 8.99. The predicted molar refractivity (Wildman–Crippen MR) is 117 cm³/mol. The smallest absolute Gasteiger partial charge is 0.323 e. The van der Waals surface area contributed by atoms with E-state index in [4.69, 9.17) is 0 Å². The summed E-state index contributed by atoms with van der Waals surface area (Å²) in [6.45, 7) is 10.3. The van der Waals surface area contributed by atoms with Crippen LogP contribution in [0.1, 0.15) is 36.1 Å². The third-order valence-electron chi connectivity index (χ3n) is 6.52. The number of anilines is 1. The molecule has 0 spiro atoms. The van der Waals surface area contributed by atoms with Crippen LogP contribution >= 0.6 is 0 Å². The van der Waals surface area contributed by atoms with E-state index < -0.39 is 0 Å². The van der Waals surface area contributed by atoms with Crippen molar-refractivity contribution in [1.29, 1.82) is 0 Å². The molecule has 4 rings (SSSR count). The Balaban J connectivity index is 1.39. The van der Waals surface area contributed by atoms with Crippen LogP contribution in [-0.4, -0.2) is 58.8 Å². The molecule has 0 aliphatic carbocycles. The second kappa shape index (κ2) is 8.19. The summed E-state index contributed by atoms with van der Waals surface area (Å²) in [5, 5.41) is 7.66. The Labute approximate surface area is 173 Å². The number of hydrogen-bond acceptors (Lipinski definition) is 3. The number of hydrogen-bond donors (Lipinski definition) is 1. The predicted octanol–water partition coefficient (Wildman–Crippen LogP) is 3.99. The third kappa shape index (κ3) is 4.47. The van der Waals surface area contributed by atoms with E-state index in [2.05, 4.69) is 54.4 Å². The van der Waals surface area contributed by atoms with Gasteiger partial charge >= 0.3 is 6.03 Å². The summed E-state index contributed by atoms with van der Waals surface area (Å²) in [6.07, 6.45) is 3.64. The molecule has 6 nitrogen and oxygen atoms in total. The standard InChI is InChI=1S/C23H33N5O/c1-16-11-17(2)13-21(12-16)28-18(3)14-22(25-28)24-23(29)27-10-7-20(15-27)19-5-8-26(4)9-6-19/h11-14,19-20H,5-10,15H2,1-4H3,(H,24,25,29). The van der Waals surface area contributed by atoms with Crippen molar-refractivity contribution in [1.82, 2.24) is 19.6 Å². The molecule has 156 valence electrons. The lowest BCUT2D eigenvalue weighted by Crippen LogP contribution is -2.36. The van der Waals surface area contributed by atoms with Crippen molar-refractivity contribution in [2.45, 2.75) is 40.0 Å². The minimum atomic E-state index is -0.0227. The van der Waals surface area contributed by atoms with Gasteiger partial charge in [0.15, 0.2) is 5.82 Å². The van der Waals surface area contributed by atoms with Gasteiger partial charge in [0.2, 0.25) is 0 Å². The van der Waals surface area contributed by atoms with E-state index in [1.54, 1.807) is 0 Å². The molecule has 1 aromatic carbocycles. The number of benzene rings is 1. The van der Waals surface area contributed by atoms with Crippen LogP contribution in [0.25, 0.3) is 5.69 Å². The van der Waals surface area contributed by atoms with Crippen molar-refractivity contribution in [3.8, 4) is 5.69 Å². The van der Waals surface area contributed by atoms with Crippen LogP contribution in [-0.2, 0) is 0 Å². The topological polar surface area (TPSA) is 53.4 Å². The van der Waals surface area contributed by atoms with Gasteiger partial charge in [0.1, 0.15) is 0 Å². The lowest BCUT2D eigenvalue weighted by molar-refractivity contribution is 0.170. The third-order valence-corrected chi connectivity index (χ3v) is 6.52. The van der Waals surface area contributed by atoms with Gasteiger partial charge in [-0.1, -0.05) is 6.07 Å². The van der Waals surface area contributed by atoms with E-state index in [0.29, 0.717) is 11.7 Å². The molecule has 6 heteroatoms. The molecule has 29 heavy (non-hydrogen) atoms. The summed E-state index contributed by atoms with van der Waals surface area (Å²) >= 11 is 0. The van der Waals surface area contributed by atoms with Crippen LogP contribution in [0.2, 0.25) is 0 Å². The molecule has 2 aliphatic heterocycles. The van der Waals surface area contributed by atoms with Gasteiger partial charge in [0.05, 0.1) is 5.69 Å². The average molecular weight is 396 g/mol. The van der Waals surface area contributed by atoms with Crippen LogP contribution in [0.5, 0.6) is 0 Å². The molecule has 0 bridgehead atoms. The number of carbonyl (C=O) groups excluding carboxylic acids is 1. The largest absolute Gasteiger partial charge is 0.324 e. The van der Waals surface area contributed by atoms with E-state index >= 15 is 0 Å². The van der Waals surface area contributed by atoms with E-state index in [9.17, 15) is 4.79 Å². The lowest BCUT2D eigenvalue weighted by atomic mass is 9.84. The molecule has 0 saturated carbocycles. The van der Waals surface area contributed by atoms with Crippen molar-refractivity contribution in [2.75, 3.05) is 38.5 Å². The minimum absolute atomic E-state index is 0.0227. The zero-order valence-electron chi connectivity index (χ0n) is 18.1. The van der Waals surface area contributed by atoms with E-state index in [1.165, 1.54) is 37.1 Å². The van der Waals surface area contributed by atoms with E-state index in [0.717, 1.165) is 36.8 Å². The second-order valence-corrected chi connectivity index (χ2v) is 8.99. The fourth-order valence-electron chi connectivity index (χ4n) is 4.91. The molecule has 2 saturated heterocycles. The molecule has 1 aromatic heterocycles. The highest BCUT2D eigenvalue weighted by molar-refractivity contribution is 5.88. The number of piperidine rings is 1. The fourth-order valence-corrected chi connectivity index (χ4v) is 4.91. The Bertz CT molecular complexity index is 861. The van der Waals surface area contributed by atoms with Gasteiger partial charge < -0.3 is 9.80 Å². The number of carbonyl (C=O) groups is 1. The Hall–Kier alpha value is -2.34. The Morgan fingerprint density at radius 3 is 2.31 bits per heavy atom. The fraction of sp³-hybridized carbons (Fsp3) is 0.565. The molecule has 2 fully saturated rings. The molecule has 3 heterocycles. The first-order valence-electron chi connectivity index (χ1n) is 10.8. The first kappa shape index (κ1) is 20.0. The van der Waals surface area contributed by atoms with Crippen molar-refractivity contribution in [3.05, 3.63) is 41.1 Å². The molecule has 2 aliphatic rings. The highest BCUT2D eigenvalue weighted by Gasteiger charge is 2.33. The van der Waals surface area contributed by atoms with Crippen LogP contribution in [0.3, 0.4) is 0 Å². The van der Waals surface area contributed by atoms with Gasteiger partial charge in [-0.3, -0.25) is 5.32 Å². The molecule has 1 atom stereocenters. The van der Waals surface area contributed by atoms with E-state index in [-0.39, 0.29) is 6.03 Å². The van der Waals surface area contributed by atoms with Gasteiger partial charge in [0, 0.05) is 24.8 Å². The molecular formula is C23H33N5O. The molecular weight excluding hydrogens is 362 g/mol. The summed E-state index contributed by atoms with van der Waals surface area (Å²) < 4.78 is 1.90. The van der Waals surface area contributed by atoms with Crippen molar-refractivity contribution in [3.63, 3.8) is 0 Å². The minimum Gasteiger partial charge on any atom is -0.324 e. The van der Waals surface area contributed by atoms with Crippen LogP contribution in [0, 0.1) is 32.6 Å². The van der Waals surface area contributed by atoms with Crippen LogP contribution < -0.4 is 5.32 Å². The summed E-state index contributed by atoms with van der Waals surface area (Å²) in [5.41, 5.74) is 4.45. The number of amides is 2. The Morgan fingerprint density at radius 1 is 0.966 bits per heavy atom. The van der Waals surface area contributed by atoms with Gasteiger partial charge in [-0.15, -0.1) is 5.10 Å². The SMILES string of the molecule is Cc1cc(C)cc(-n2nc(NC(=O)N3CCC(C4CCN(C)CC4)C3)cc2C)c1. The Kier molecular flexibility index (Phi) is 5.63. The number of nitrogens with one attached hydrogen (secondary N) is 1. The maximum absolute atomic E-state index is 12.8. The summed E-state index contributed by atoms with van der Waals surface area (Å²) in [6, 6.07) is 8.31. The lowest BCUT2D eigenvalue weighted by Gasteiger charge is -2.32. The highest BCUT2D eigenvalue weighted by Crippen LogP contribution is 2.31. The quantitative estimate of drug-likeness (QED) is 0.855. The van der Waals surface area contributed by atoms with E-state index in [1.807, 2.05) is 22.6 Å². The first-order valence-corrected chi connectivity index (χ1v) is 10.8. The van der Waals surface area contributed by atoms with Gasteiger partial charge in [-0.2, -0.15) is 0 Å². The number of likely N-dealkylation sites (tertiary alicyclic amines) is 2. The maximum Gasteiger partial charge on any atom is 0.323 e. The number of nitrogens with zero attached hydrogens (tertiary/aromatic N) is 4. The maximum atomic E-state index is 12.8. The highest BCUT2D eigenvalue weighted by atomic mass is 16.2. The van der Waals surface area contributed by atoms with Gasteiger partial charge in [-0.05, 0) is 95.3 Å². The summed E-state index contributed by atoms with van der Waals surface area (Å²) in [5.74, 6) is 2.02. The van der Waals surface area contributed by atoms with Crippen molar-refractivity contribution < 1.29 is 4.79 Å². The molecule has 2 amide bonds. The van der Waals surface area contributed by atoms with Gasteiger partial charge in [0.25, 0.3) is 0 Å². The zero-order valence-corrected chi connectivity index (χ0v) is 18.1. The number of aromatic nitrogens is 2. The molecule has 1 unspecified atom stereocenters. The number of urea groups is 1. The zero-order chi connectivity index (χ0) is 20.5. The molecule has 2 aromatic rings. The van der Waals surface area contributed by atoms with Gasteiger partial charge in [-0.25, -0.2) is 9.48 Å². The number of aryl methyl sites for hydroxylation is 3. The van der Waals surface area contributed by atoms with Crippen molar-refractivity contribution >= 4 is 11.8 Å². The summed E-state index contributed by atoms with van der Waals surface area (Å²) in [4.78, 5) is 17.2. The van der Waals surface area contributed by atoms with Crippen molar-refractivity contribution in [2.24, 2.45) is 11.8 Å². The average Bonchev–Trinajstić information content (AvgIpc) is 3.28.